The van der Waals surface area contributed by atoms with Crippen LogP contribution in [0.1, 0.15) is 11.1 Å². The monoisotopic (exact) mass is 314 g/mol. The minimum Gasteiger partial charge on any atom is -0.321 e. The molecular weight excluding hydrogens is 303 g/mol. The molecule has 0 heterocycles. The number of halogens is 2. The Bertz CT molecular complexity index is 793. The first-order valence-corrected chi connectivity index (χ1v) is 6.82. The van der Waals surface area contributed by atoms with Crippen molar-refractivity contribution < 1.29 is 9.18 Å². The van der Waals surface area contributed by atoms with E-state index >= 15 is 0 Å². The van der Waals surface area contributed by atoms with Gasteiger partial charge in [-0.2, -0.15) is 5.26 Å². The standard InChI is InChI=1S/C17H12ClFN2O/c1-11-3-2-4-12(7-11)8-13(10-20)17(22)21-14-5-6-16(19)15(18)9-14/h2-9H,1H3,(H,21,22)/b13-8+. The number of hydrogen-bond donors (Lipinski definition) is 1. The molecule has 3 nitrogen and oxygen atoms in total. The van der Waals surface area contributed by atoms with Gasteiger partial charge in [-0.05, 0) is 36.8 Å². The van der Waals surface area contributed by atoms with Crippen molar-refractivity contribution in [1.82, 2.24) is 0 Å². The fourth-order valence-corrected chi connectivity index (χ4v) is 2.03. The number of nitrogens with one attached hydrogen (secondary N) is 1. The zero-order chi connectivity index (χ0) is 16.1. The summed E-state index contributed by atoms with van der Waals surface area (Å²) in [6.07, 6.45) is 1.49. The van der Waals surface area contributed by atoms with Gasteiger partial charge in [-0.15, -0.1) is 0 Å². The van der Waals surface area contributed by atoms with Gasteiger partial charge in [0, 0.05) is 5.69 Å². The van der Waals surface area contributed by atoms with Crippen LogP contribution in [-0.2, 0) is 4.79 Å². The van der Waals surface area contributed by atoms with Crippen LogP contribution >= 0.6 is 11.6 Å². The third-order valence-corrected chi connectivity index (χ3v) is 3.19. The molecule has 0 aliphatic carbocycles. The molecule has 0 fully saturated rings. The van der Waals surface area contributed by atoms with Gasteiger partial charge in [0.05, 0.1) is 5.02 Å². The lowest BCUT2D eigenvalue weighted by molar-refractivity contribution is -0.112. The summed E-state index contributed by atoms with van der Waals surface area (Å²) in [6.45, 7) is 1.92. The Balaban J connectivity index is 2.22. The lowest BCUT2D eigenvalue weighted by Gasteiger charge is -2.05. The van der Waals surface area contributed by atoms with Crippen molar-refractivity contribution in [3.05, 3.63) is 70.0 Å². The van der Waals surface area contributed by atoms with Crippen molar-refractivity contribution in [3.63, 3.8) is 0 Å². The molecule has 0 bridgehead atoms. The molecule has 0 saturated carbocycles. The Hall–Kier alpha value is -2.64. The van der Waals surface area contributed by atoms with Gasteiger partial charge in [0.2, 0.25) is 0 Å². The molecule has 0 aromatic heterocycles. The van der Waals surface area contributed by atoms with Crippen molar-refractivity contribution in [3.8, 4) is 6.07 Å². The minimum absolute atomic E-state index is 0.0500. The van der Waals surface area contributed by atoms with Crippen LogP contribution in [-0.4, -0.2) is 5.91 Å². The van der Waals surface area contributed by atoms with Crippen LogP contribution in [0.25, 0.3) is 6.08 Å². The van der Waals surface area contributed by atoms with Crippen LogP contribution in [0, 0.1) is 24.1 Å². The van der Waals surface area contributed by atoms with E-state index in [-0.39, 0.29) is 10.6 Å². The lowest BCUT2D eigenvalue weighted by Crippen LogP contribution is -2.13. The normalized spacial score (nSPS) is 10.9. The van der Waals surface area contributed by atoms with Crippen LogP contribution in [0.3, 0.4) is 0 Å². The molecular formula is C17H12ClFN2O. The van der Waals surface area contributed by atoms with E-state index in [1.54, 1.807) is 6.07 Å². The van der Waals surface area contributed by atoms with E-state index in [2.05, 4.69) is 5.32 Å². The summed E-state index contributed by atoms with van der Waals surface area (Å²) in [5.41, 5.74) is 2.05. The second-order valence-electron chi connectivity index (χ2n) is 4.67. The second kappa shape index (κ2) is 6.88. The van der Waals surface area contributed by atoms with Gasteiger partial charge in [-0.1, -0.05) is 41.4 Å². The minimum atomic E-state index is -0.577. The SMILES string of the molecule is Cc1cccc(/C=C(\C#N)C(=O)Nc2ccc(F)c(Cl)c2)c1. The molecule has 1 N–H and O–H groups in total. The molecule has 1 amide bonds. The summed E-state index contributed by atoms with van der Waals surface area (Å²) in [5, 5.41) is 11.6. The number of carbonyl (C=O) groups is 1. The third kappa shape index (κ3) is 3.94. The van der Waals surface area contributed by atoms with Crippen molar-refractivity contribution in [2.45, 2.75) is 6.92 Å². The van der Waals surface area contributed by atoms with Gasteiger partial charge >= 0.3 is 0 Å². The predicted octanol–water partition coefficient (Wildman–Crippen LogP) is 4.33. The number of rotatable bonds is 3. The van der Waals surface area contributed by atoms with Gasteiger partial charge in [0.25, 0.3) is 5.91 Å². The van der Waals surface area contributed by atoms with Crippen molar-refractivity contribution in [2.75, 3.05) is 5.32 Å². The van der Waals surface area contributed by atoms with E-state index in [0.717, 1.165) is 17.2 Å². The van der Waals surface area contributed by atoms with Crippen LogP contribution in [0.2, 0.25) is 5.02 Å². The number of anilines is 1. The summed E-state index contributed by atoms with van der Waals surface area (Å²) >= 11 is 5.65. The molecule has 2 aromatic carbocycles. The van der Waals surface area contributed by atoms with Gasteiger partial charge in [-0.25, -0.2) is 4.39 Å². The van der Waals surface area contributed by atoms with Crippen LogP contribution in [0.5, 0.6) is 0 Å². The Kier molecular flexibility index (Phi) is 4.92. The number of carbonyl (C=O) groups excluding carboxylic acids is 1. The number of nitrogens with zero attached hydrogens (tertiary/aromatic N) is 1. The quantitative estimate of drug-likeness (QED) is 0.677. The fraction of sp³-hybridized carbons (Fsp3) is 0.0588. The van der Waals surface area contributed by atoms with Crippen molar-refractivity contribution in [2.24, 2.45) is 0 Å². The summed E-state index contributed by atoms with van der Waals surface area (Å²) in [5.74, 6) is -1.15. The largest absolute Gasteiger partial charge is 0.321 e. The highest BCUT2D eigenvalue weighted by molar-refractivity contribution is 6.31. The van der Waals surface area contributed by atoms with E-state index < -0.39 is 11.7 Å². The Labute approximate surface area is 132 Å². The van der Waals surface area contributed by atoms with Gasteiger partial charge in [0.1, 0.15) is 17.5 Å². The number of aryl methyl sites for hydroxylation is 1. The van der Waals surface area contributed by atoms with Crippen molar-refractivity contribution >= 4 is 29.3 Å². The molecule has 0 unspecified atom stereocenters. The first kappa shape index (κ1) is 15.7. The summed E-state index contributed by atoms with van der Waals surface area (Å²) < 4.78 is 13.1. The molecule has 0 aliphatic heterocycles. The van der Waals surface area contributed by atoms with E-state index in [4.69, 9.17) is 16.9 Å². The van der Waals surface area contributed by atoms with Crippen LogP contribution in [0.15, 0.2) is 48.0 Å². The van der Waals surface area contributed by atoms with Crippen LogP contribution in [0.4, 0.5) is 10.1 Å². The van der Waals surface area contributed by atoms with Crippen molar-refractivity contribution in [1.29, 1.82) is 5.26 Å². The summed E-state index contributed by atoms with van der Waals surface area (Å²) in [4.78, 5) is 12.1. The molecule has 22 heavy (non-hydrogen) atoms. The zero-order valence-corrected chi connectivity index (χ0v) is 12.5. The molecule has 0 spiro atoms. The maximum absolute atomic E-state index is 13.1. The smallest absolute Gasteiger partial charge is 0.266 e. The number of nitriles is 1. The average Bonchev–Trinajstić information content (AvgIpc) is 2.48. The van der Waals surface area contributed by atoms with E-state index in [9.17, 15) is 9.18 Å². The molecule has 0 atom stereocenters. The number of hydrogen-bond acceptors (Lipinski definition) is 2. The molecule has 0 aliphatic rings. The van der Waals surface area contributed by atoms with Gasteiger partial charge < -0.3 is 5.32 Å². The fourth-order valence-electron chi connectivity index (χ4n) is 1.85. The van der Waals surface area contributed by atoms with E-state index in [1.807, 2.05) is 31.2 Å². The average molecular weight is 315 g/mol. The van der Waals surface area contributed by atoms with E-state index in [1.165, 1.54) is 18.2 Å². The predicted molar refractivity (Wildman–Crippen MR) is 84.8 cm³/mol. The van der Waals surface area contributed by atoms with Crippen LogP contribution < -0.4 is 5.32 Å². The molecule has 2 aromatic rings. The maximum atomic E-state index is 13.1. The number of amides is 1. The highest BCUT2D eigenvalue weighted by Crippen LogP contribution is 2.20. The Morgan fingerprint density at radius 3 is 2.73 bits per heavy atom. The molecule has 2 rings (SSSR count). The molecule has 5 heteroatoms. The second-order valence-corrected chi connectivity index (χ2v) is 5.07. The van der Waals surface area contributed by atoms with E-state index in [0.29, 0.717) is 5.69 Å². The topological polar surface area (TPSA) is 52.9 Å². The lowest BCUT2D eigenvalue weighted by atomic mass is 10.1. The maximum Gasteiger partial charge on any atom is 0.266 e. The Morgan fingerprint density at radius 2 is 2.09 bits per heavy atom. The number of benzene rings is 2. The molecule has 110 valence electrons. The summed E-state index contributed by atoms with van der Waals surface area (Å²) in [6, 6.07) is 13.1. The van der Waals surface area contributed by atoms with Gasteiger partial charge in [0.15, 0.2) is 0 Å². The molecule has 0 saturated heterocycles. The Morgan fingerprint density at radius 1 is 1.32 bits per heavy atom. The highest BCUT2D eigenvalue weighted by atomic mass is 35.5. The molecule has 0 radical (unpaired) electrons. The highest BCUT2D eigenvalue weighted by Gasteiger charge is 2.10. The first-order chi connectivity index (χ1) is 10.5. The van der Waals surface area contributed by atoms with Gasteiger partial charge in [-0.3, -0.25) is 4.79 Å². The first-order valence-electron chi connectivity index (χ1n) is 6.44. The summed E-state index contributed by atoms with van der Waals surface area (Å²) in [7, 11) is 0. The third-order valence-electron chi connectivity index (χ3n) is 2.90. The zero-order valence-electron chi connectivity index (χ0n) is 11.7.